The number of carbonyl (C=O) groups excluding carboxylic acids is 1. The molecule has 1 aromatic heterocycles. The Hall–Kier alpha value is -1.88. The number of hydrogen-bond acceptors (Lipinski definition) is 4. The summed E-state index contributed by atoms with van der Waals surface area (Å²) in [7, 11) is 1.62. The second kappa shape index (κ2) is 5.01. The summed E-state index contributed by atoms with van der Waals surface area (Å²) in [6.45, 7) is 0. The quantitative estimate of drug-likeness (QED) is 0.936. The predicted octanol–water partition coefficient (Wildman–Crippen LogP) is 2.89. The Morgan fingerprint density at radius 2 is 2.32 bits per heavy atom. The van der Waals surface area contributed by atoms with Gasteiger partial charge in [-0.1, -0.05) is 6.07 Å². The number of aromatic nitrogens is 1. The maximum atomic E-state index is 12.1. The average molecular weight is 274 g/mol. The minimum Gasteiger partial charge on any atom is -0.495 e. The number of fused-ring (bicyclic) bond motifs is 1. The Kier molecular flexibility index (Phi) is 3.21. The van der Waals surface area contributed by atoms with Crippen LogP contribution in [-0.2, 0) is 12.8 Å². The summed E-state index contributed by atoms with van der Waals surface area (Å²) in [6, 6.07) is 4.00. The number of nitrogens with one attached hydrogen (secondary N) is 1. The first-order valence-corrected chi connectivity index (χ1v) is 7.12. The van der Waals surface area contributed by atoms with Crippen LogP contribution in [0.4, 0.5) is 5.69 Å². The van der Waals surface area contributed by atoms with Crippen LogP contribution in [-0.4, -0.2) is 18.0 Å². The van der Waals surface area contributed by atoms with Crippen LogP contribution in [0.3, 0.4) is 0 Å². The fourth-order valence-corrected chi connectivity index (χ4v) is 2.99. The number of methoxy groups -OCH3 is 1. The number of rotatable bonds is 3. The number of thiazole rings is 1. The zero-order valence-corrected chi connectivity index (χ0v) is 11.4. The van der Waals surface area contributed by atoms with Crippen molar-refractivity contribution in [3.8, 4) is 5.75 Å². The Bertz CT molecular complexity index is 608. The number of anilines is 1. The normalized spacial score (nSPS) is 13.1. The van der Waals surface area contributed by atoms with E-state index in [0.717, 1.165) is 24.9 Å². The topological polar surface area (TPSA) is 51.2 Å². The Balaban J connectivity index is 1.96. The molecule has 1 amide bonds. The molecular formula is C14H14N2O2S. The van der Waals surface area contributed by atoms with Gasteiger partial charge in [0.1, 0.15) is 11.4 Å². The highest BCUT2D eigenvalue weighted by Gasteiger charge is 2.20. The zero-order valence-electron chi connectivity index (χ0n) is 10.6. The number of nitrogens with zero attached hydrogens (tertiary/aromatic N) is 1. The van der Waals surface area contributed by atoms with Crippen molar-refractivity contribution >= 4 is 22.9 Å². The molecule has 1 aliphatic rings. The van der Waals surface area contributed by atoms with Crippen molar-refractivity contribution < 1.29 is 9.53 Å². The molecule has 0 saturated heterocycles. The molecule has 98 valence electrons. The SMILES string of the molecule is COc1ccc2c(c1NC(=O)c1cscn1)CCC2. The van der Waals surface area contributed by atoms with E-state index in [-0.39, 0.29) is 5.91 Å². The maximum Gasteiger partial charge on any atom is 0.275 e. The van der Waals surface area contributed by atoms with E-state index >= 15 is 0 Å². The van der Waals surface area contributed by atoms with Crippen LogP contribution in [0.1, 0.15) is 28.0 Å². The summed E-state index contributed by atoms with van der Waals surface area (Å²) in [5.41, 5.74) is 5.40. The van der Waals surface area contributed by atoms with E-state index in [0.29, 0.717) is 11.4 Å². The Morgan fingerprint density at radius 1 is 1.42 bits per heavy atom. The predicted molar refractivity (Wildman–Crippen MR) is 75.1 cm³/mol. The van der Waals surface area contributed by atoms with Crippen LogP contribution >= 0.6 is 11.3 Å². The summed E-state index contributed by atoms with van der Waals surface area (Å²) in [6.07, 6.45) is 3.18. The molecule has 1 aliphatic carbocycles. The number of benzene rings is 1. The van der Waals surface area contributed by atoms with Crippen LogP contribution in [0.15, 0.2) is 23.0 Å². The van der Waals surface area contributed by atoms with Gasteiger partial charge in [-0.25, -0.2) is 4.98 Å². The molecule has 0 fully saturated rings. The standard InChI is InChI=1S/C14H14N2O2S/c1-18-12-6-5-9-3-2-4-10(9)13(12)16-14(17)11-7-19-8-15-11/h5-8H,2-4H2,1H3,(H,16,17). The molecule has 0 aliphatic heterocycles. The zero-order chi connectivity index (χ0) is 13.2. The molecule has 1 heterocycles. The Labute approximate surface area is 115 Å². The van der Waals surface area contributed by atoms with E-state index < -0.39 is 0 Å². The molecule has 19 heavy (non-hydrogen) atoms. The minimum absolute atomic E-state index is 0.181. The lowest BCUT2D eigenvalue weighted by molar-refractivity contribution is 0.102. The molecule has 5 heteroatoms. The van der Waals surface area contributed by atoms with E-state index in [2.05, 4.69) is 16.4 Å². The van der Waals surface area contributed by atoms with Gasteiger partial charge in [-0.3, -0.25) is 4.79 Å². The van der Waals surface area contributed by atoms with E-state index in [4.69, 9.17) is 4.74 Å². The van der Waals surface area contributed by atoms with Crippen molar-refractivity contribution in [1.82, 2.24) is 4.98 Å². The molecule has 4 nitrogen and oxygen atoms in total. The molecular weight excluding hydrogens is 260 g/mol. The number of amides is 1. The molecule has 0 atom stereocenters. The van der Waals surface area contributed by atoms with Crippen molar-refractivity contribution in [3.63, 3.8) is 0 Å². The highest BCUT2D eigenvalue weighted by atomic mass is 32.1. The molecule has 0 bridgehead atoms. The van der Waals surface area contributed by atoms with E-state index in [1.54, 1.807) is 18.0 Å². The van der Waals surface area contributed by atoms with Gasteiger partial charge in [-0.15, -0.1) is 11.3 Å². The van der Waals surface area contributed by atoms with Gasteiger partial charge in [0.2, 0.25) is 0 Å². The third-order valence-electron chi connectivity index (χ3n) is 3.37. The van der Waals surface area contributed by atoms with Gasteiger partial charge in [-0.2, -0.15) is 0 Å². The largest absolute Gasteiger partial charge is 0.495 e. The van der Waals surface area contributed by atoms with Gasteiger partial charge < -0.3 is 10.1 Å². The van der Waals surface area contributed by atoms with Gasteiger partial charge in [0.15, 0.2) is 0 Å². The third-order valence-corrected chi connectivity index (χ3v) is 3.95. The number of aryl methyl sites for hydroxylation is 1. The van der Waals surface area contributed by atoms with Crippen LogP contribution in [0.2, 0.25) is 0 Å². The molecule has 3 rings (SSSR count). The van der Waals surface area contributed by atoms with E-state index in [1.807, 2.05) is 6.07 Å². The summed E-state index contributed by atoms with van der Waals surface area (Å²) < 4.78 is 5.36. The summed E-state index contributed by atoms with van der Waals surface area (Å²) in [5, 5.41) is 4.69. The number of carbonyl (C=O) groups is 1. The van der Waals surface area contributed by atoms with Gasteiger partial charge in [0.25, 0.3) is 5.91 Å². The van der Waals surface area contributed by atoms with Gasteiger partial charge >= 0.3 is 0 Å². The molecule has 1 aromatic carbocycles. The van der Waals surface area contributed by atoms with Crippen LogP contribution in [0.5, 0.6) is 5.75 Å². The van der Waals surface area contributed by atoms with Crippen molar-refractivity contribution in [2.24, 2.45) is 0 Å². The molecule has 0 spiro atoms. The summed E-state index contributed by atoms with van der Waals surface area (Å²) in [4.78, 5) is 16.1. The van der Waals surface area contributed by atoms with Crippen molar-refractivity contribution in [3.05, 3.63) is 39.8 Å². The third kappa shape index (κ3) is 2.21. The average Bonchev–Trinajstić information content (AvgIpc) is 3.10. The van der Waals surface area contributed by atoms with Gasteiger partial charge in [-0.05, 0) is 36.5 Å². The van der Waals surface area contributed by atoms with Crippen molar-refractivity contribution in [2.75, 3.05) is 12.4 Å². The molecule has 2 aromatic rings. The molecule has 0 saturated carbocycles. The van der Waals surface area contributed by atoms with Crippen LogP contribution in [0, 0.1) is 0 Å². The summed E-state index contributed by atoms with van der Waals surface area (Å²) in [5.74, 6) is 0.532. The lowest BCUT2D eigenvalue weighted by atomic mass is 10.1. The number of hydrogen-bond donors (Lipinski definition) is 1. The second-order valence-corrected chi connectivity index (χ2v) is 5.18. The van der Waals surface area contributed by atoms with Gasteiger partial charge in [0, 0.05) is 5.38 Å². The van der Waals surface area contributed by atoms with Crippen molar-refractivity contribution in [1.29, 1.82) is 0 Å². The molecule has 1 N–H and O–H groups in total. The minimum atomic E-state index is -0.181. The first-order valence-electron chi connectivity index (χ1n) is 6.18. The monoisotopic (exact) mass is 274 g/mol. The van der Waals surface area contributed by atoms with Gasteiger partial charge in [0.05, 0.1) is 18.3 Å². The maximum absolute atomic E-state index is 12.1. The fourth-order valence-electron chi connectivity index (χ4n) is 2.45. The first kappa shape index (κ1) is 12.2. The highest BCUT2D eigenvalue weighted by Crippen LogP contribution is 2.36. The number of ether oxygens (including phenoxy) is 1. The smallest absolute Gasteiger partial charge is 0.275 e. The van der Waals surface area contributed by atoms with E-state index in [1.165, 1.54) is 22.5 Å². The van der Waals surface area contributed by atoms with Crippen LogP contribution < -0.4 is 10.1 Å². The highest BCUT2D eigenvalue weighted by molar-refractivity contribution is 7.07. The lowest BCUT2D eigenvalue weighted by Crippen LogP contribution is -2.14. The van der Waals surface area contributed by atoms with Crippen LogP contribution in [0.25, 0.3) is 0 Å². The molecule has 0 unspecified atom stereocenters. The van der Waals surface area contributed by atoms with E-state index in [9.17, 15) is 4.79 Å². The molecule has 0 radical (unpaired) electrons. The summed E-state index contributed by atoms with van der Waals surface area (Å²) >= 11 is 1.41. The fraction of sp³-hybridized carbons (Fsp3) is 0.286. The second-order valence-electron chi connectivity index (χ2n) is 4.46. The first-order chi connectivity index (χ1) is 9.29. The van der Waals surface area contributed by atoms with Crippen molar-refractivity contribution in [2.45, 2.75) is 19.3 Å². The lowest BCUT2D eigenvalue weighted by Gasteiger charge is -2.14. The Morgan fingerprint density at radius 3 is 3.05 bits per heavy atom.